The summed E-state index contributed by atoms with van der Waals surface area (Å²) in [5, 5.41) is 22.4. The average Bonchev–Trinajstić information content (AvgIpc) is 2.43. The third kappa shape index (κ3) is 4.09. The molecule has 1 heterocycles. The minimum Gasteiger partial charge on any atom is -0.479 e. The fraction of sp³-hybridized carbons (Fsp3) is 0.727. The number of carboxylic acids is 1. The number of piperidine rings is 1. The van der Waals surface area contributed by atoms with Crippen LogP contribution >= 0.6 is 0 Å². The molecule has 3 amide bonds. The molecule has 1 aliphatic heterocycles. The number of nitrogens with one attached hydrogen (secondary N) is 2. The largest absolute Gasteiger partial charge is 0.479 e. The van der Waals surface area contributed by atoms with E-state index in [0.29, 0.717) is 13.0 Å². The van der Waals surface area contributed by atoms with Crippen molar-refractivity contribution >= 4 is 17.9 Å². The summed E-state index contributed by atoms with van der Waals surface area (Å²) in [5.74, 6) is -1.64. The number of hydrogen-bond donors (Lipinski definition) is 4. The van der Waals surface area contributed by atoms with Crippen molar-refractivity contribution in [1.82, 2.24) is 15.5 Å². The monoisotopic (exact) mass is 273 g/mol. The maximum Gasteiger partial charge on any atom is 0.334 e. The van der Waals surface area contributed by atoms with E-state index in [-0.39, 0.29) is 12.5 Å². The number of likely N-dealkylation sites (N-methyl/N-ethyl adjacent to an activating group) is 1. The molecule has 0 radical (unpaired) electrons. The molecule has 1 fully saturated rings. The Balaban J connectivity index is 2.57. The minimum atomic E-state index is -1.65. The predicted octanol–water partition coefficient (Wildman–Crippen LogP) is -1.26. The normalized spacial score (nSPS) is 20.5. The zero-order chi connectivity index (χ0) is 14.4. The molecule has 0 bridgehead atoms. The fourth-order valence-electron chi connectivity index (χ4n) is 1.99. The molecule has 8 heteroatoms. The summed E-state index contributed by atoms with van der Waals surface area (Å²) in [6.07, 6.45) is 0.587. The van der Waals surface area contributed by atoms with Crippen molar-refractivity contribution in [1.29, 1.82) is 0 Å². The van der Waals surface area contributed by atoms with Gasteiger partial charge in [-0.15, -0.1) is 0 Å². The van der Waals surface area contributed by atoms with Gasteiger partial charge in [-0.1, -0.05) is 0 Å². The third-order valence-electron chi connectivity index (χ3n) is 3.04. The van der Waals surface area contributed by atoms with Crippen LogP contribution in [0.1, 0.15) is 19.3 Å². The Kier molecular flexibility index (Phi) is 5.56. The standard InChI is InChI=1S/C11H19N3O5/c1-12-9(16)7-4-2-3-5-14(7)11(19)13-6-8(15)10(17)18/h7-8,15H,2-6H2,1H3,(H,12,16)(H,13,19)(H,17,18). The molecule has 0 aromatic rings. The van der Waals surface area contributed by atoms with E-state index in [1.165, 1.54) is 11.9 Å². The quantitative estimate of drug-likeness (QED) is 0.510. The second kappa shape index (κ2) is 6.93. The summed E-state index contributed by atoms with van der Waals surface area (Å²) in [6, 6.07) is -1.07. The number of aliphatic carboxylic acids is 1. The molecule has 0 aromatic carbocycles. The van der Waals surface area contributed by atoms with Crippen LogP contribution in [0, 0.1) is 0 Å². The lowest BCUT2D eigenvalue weighted by Crippen LogP contribution is -2.55. The van der Waals surface area contributed by atoms with E-state index in [4.69, 9.17) is 10.2 Å². The van der Waals surface area contributed by atoms with Crippen molar-refractivity contribution in [3.05, 3.63) is 0 Å². The summed E-state index contributed by atoms with van der Waals surface area (Å²) in [6.45, 7) is 0.0538. The first kappa shape index (κ1) is 15.2. The van der Waals surface area contributed by atoms with E-state index in [2.05, 4.69) is 10.6 Å². The molecular formula is C11H19N3O5. The molecule has 19 heavy (non-hydrogen) atoms. The highest BCUT2D eigenvalue weighted by Gasteiger charge is 2.31. The molecular weight excluding hydrogens is 254 g/mol. The topological polar surface area (TPSA) is 119 Å². The van der Waals surface area contributed by atoms with Crippen LogP contribution in [0.4, 0.5) is 4.79 Å². The Bertz CT molecular complexity index is 360. The molecule has 2 unspecified atom stereocenters. The van der Waals surface area contributed by atoms with Gasteiger partial charge < -0.3 is 25.7 Å². The Labute approximate surface area is 110 Å². The molecule has 0 aromatic heterocycles. The first-order chi connectivity index (χ1) is 8.97. The zero-order valence-corrected chi connectivity index (χ0v) is 10.8. The lowest BCUT2D eigenvalue weighted by atomic mass is 10.0. The molecule has 8 nitrogen and oxygen atoms in total. The summed E-state index contributed by atoms with van der Waals surface area (Å²) < 4.78 is 0. The molecule has 1 rings (SSSR count). The molecule has 0 saturated carbocycles. The van der Waals surface area contributed by atoms with Crippen LogP contribution in [0.25, 0.3) is 0 Å². The first-order valence-electron chi connectivity index (χ1n) is 6.14. The molecule has 2 atom stereocenters. The minimum absolute atomic E-state index is 0.242. The van der Waals surface area contributed by atoms with Gasteiger partial charge in [0, 0.05) is 13.6 Å². The van der Waals surface area contributed by atoms with Crippen LogP contribution in [0.2, 0.25) is 0 Å². The molecule has 108 valence electrons. The summed E-state index contributed by atoms with van der Waals surface area (Å²) in [7, 11) is 1.50. The van der Waals surface area contributed by atoms with Crippen molar-refractivity contribution in [2.45, 2.75) is 31.4 Å². The number of likely N-dealkylation sites (tertiary alicyclic amines) is 1. The number of carbonyl (C=O) groups excluding carboxylic acids is 2. The van der Waals surface area contributed by atoms with Gasteiger partial charge in [0.25, 0.3) is 0 Å². The lowest BCUT2D eigenvalue weighted by molar-refractivity contribution is -0.146. The first-order valence-corrected chi connectivity index (χ1v) is 6.14. The highest BCUT2D eigenvalue weighted by atomic mass is 16.4. The zero-order valence-electron chi connectivity index (χ0n) is 10.8. The lowest BCUT2D eigenvalue weighted by Gasteiger charge is -2.34. The molecule has 0 spiro atoms. The summed E-state index contributed by atoms with van der Waals surface area (Å²) >= 11 is 0. The Morgan fingerprint density at radius 1 is 1.37 bits per heavy atom. The maximum absolute atomic E-state index is 11.9. The van der Waals surface area contributed by atoms with Gasteiger partial charge in [-0.05, 0) is 19.3 Å². The number of aliphatic hydroxyl groups excluding tert-OH is 1. The van der Waals surface area contributed by atoms with Gasteiger partial charge in [-0.25, -0.2) is 9.59 Å². The van der Waals surface area contributed by atoms with Gasteiger partial charge in [-0.2, -0.15) is 0 Å². The average molecular weight is 273 g/mol. The van der Waals surface area contributed by atoms with Crippen LogP contribution in [0.5, 0.6) is 0 Å². The number of aliphatic hydroxyl groups is 1. The third-order valence-corrected chi connectivity index (χ3v) is 3.04. The highest BCUT2D eigenvalue weighted by molar-refractivity contribution is 5.87. The Morgan fingerprint density at radius 2 is 2.05 bits per heavy atom. The van der Waals surface area contributed by atoms with Crippen LogP contribution in [0.3, 0.4) is 0 Å². The number of amides is 3. The number of rotatable bonds is 4. The van der Waals surface area contributed by atoms with Crippen LogP contribution in [0.15, 0.2) is 0 Å². The van der Waals surface area contributed by atoms with Gasteiger partial charge >= 0.3 is 12.0 Å². The Hall–Kier alpha value is -1.83. The maximum atomic E-state index is 11.9. The number of hydrogen-bond acceptors (Lipinski definition) is 4. The van der Waals surface area contributed by atoms with Crippen LogP contribution in [-0.2, 0) is 9.59 Å². The highest BCUT2D eigenvalue weighted by Crippen LogP contribution is 2.17. The van der Waals surface area contributed by atoms with E-state index in [1.807, 2.05) is 0 Å². The van der Waals surface area contributed by atoms with Gasteiger partial charge in [0.1, 0.15) is 6.04 Å². The van der Waals surface area contributed by atoms with E-state index in [9.17, 15) is 14.4 Å². The van der Waals surface area contributed by atoms with Crippen molar-refractivity contribution in [3.8, 4) is 0 Å². The predicted molar refractivity (Wildman–Crippen MR) is 65.5 cm³/mol. The SMILES string of the molecule is CNC(=O)C1CCCCN1C(=O)NCC(O)C(=O)O. The smallest absolute Gasteiger partial charge is 0.334 e. The van der Waals surface area contributed by atoms with Gasteiger partial charge in [-0.3, -0.25) is 4.79 Å². The van der Waals surface area contributed by atoms with Gasteiger partial charge in [0.15, 0.2) is 6.10 Å². The second-order valence-electron chi connectivity index (χ2n) is 4.36. The second-order valence-corrected chi connectivity index (χ2v) is 4.36. The molecule has 4 N–H and O–H groups in total. The Morgan fingerprint density at radius 3 is 2.63 bits per heavy atom. The number of nitrogens with zero attached hydrogens (tertiary/aromatic N) is 1. The summed E-state index contributed by atoms with van der Waals surface area (Å²) in [4.78, 5) is 35.3. The van der Waals surface area contributed by atoms with Gasteiger partial charge in [0.2, 0.25) is 5.91 Å². The number of carboxylic acid groups (broad SMARTS) is 1. The van der Waals surface area contributed by atoms with E-state index < -0.39 is 24.1 Å². The number of urea groups is 1. The molecule has 1 saturated heterocycles. The van der Waals surface area contributed by atoms with Crippen LogP contribution in [-0.4, -0.2) is 65.3 Å². The van der Waals surface area contributed by atoms with E-state index >= 15 is 0 Å². The van der Waals surface area contributed by atoms with Crippen molar-refractivity contribution in [3.63, 3.8) is 0 Å². The summed E-state index contributed by atoms with van der Waals surface area (Å²) in [5.41, 5.74) is 0. The van der Waals surface area contributed by atoms with E-state index in [0.717, 1.165) is 12.8 Å². The molecule has 1 aliphatic rings. The van der Waals surface area contributed by atoms with Crippen LogP contribution < -0.4 is 10.6 Å². The van der Waals surface area contributed by atoms with Crippen molar-refractivity contribution in [2.75, 3.05) is 20.1 Å². The van der Waals surface area contributed by atoms with Crippen molar-refractivity contribution < 1.29 is 24.6 Å². The van der Waals surface area contributed by atoms with Crippen molar-refractivity contribution in [2.24, 2.45) is 0 Å². The van der Waals surface area contributed by atoms with E-state index in [1.54, 1.807) is 0 Å². The fourth-order valence-corrected chi connectivity index (χ4v) is 1.99. The van der Waals surface area contributed by atoms with Gasteiger partial charge in [0.05, 0.1) is 6.54 Å². The number of carbonyl (C=O) groups is 3. The molecule has 0 aliphatic carbocycles.